The van der Waals surface area contributed by atoms with Crippen LogP contribution in [-0.4, -0.2) is 19.5 Å². The summed E-state index contributed by atoms with van der Waals surface area (Å²) >= 11 is 5.14. The van der Waals surface area contributed by atoms with Crippen LogP contribution in [0.3, 0.4) is 0 Å². The molecule has 0 aliphatic carbocycles. The number of hydrogen-bond donors (Lipinski definition) is 0. The first kappa shape index (κ1) is 11.3. The van der Waals surface area contributed by atoms with Gasteiger partial charge in [-0.25, -0.2) is 4.99 Å². The number of nitrogens with zero attached hydrogens (tertiary/aromatic N) is 1. The van der Waals surface area contributed by atoms with Gasteiger partial charge in [-0.2, -0.15) is 13.2 Å². The molecule has 0 aromatic rings. The molecule has 0 fully saturated rings. The largest absolute Gasteiger partial charge is 0.480 e. The molecule has 0 saturated carbocycles. The minimum atomic E-state index is -4.24. The monoisotopic (exact) mass is 201 g/mol. The van der Waals surface area contributed by atoms with E-state index < -0.39 is 12.6 Å². The fourth-order valence-corrected chi connectivity index (χ4v) is 0.510. The lowest BCUT2D eigenvalue weighted by Crippen LogP contribution is -2.07. The minimum Gasteiger partial charge on any atom is -0.480 e. The van der Waals surface area contributed by atoms with Crippen molar-refractivity contribution in [3.05, 3.63) is 11.4 Å². The van der Waals surface area contributed by atoms with E-state index in [2.05, 4.69) is 9.73 Å². The Morgan fingerprint density at radius 3 is 2.50 bits per heavy atom. The second kappa shape index (κ2) is 5.03. The summed E-state index contributed by atoms with van der Waals surface area (Å²) in [7, 11) is 1.26. The van der Waals surface area contributed by atoms with Crippen molar-refractivity contribution in [2.24, 2.45) is 4.99 Å². The molecule has 6 heteroatoms. The maximum absolute atomic E-state index is 11.5. The molecule has 0 rings (SSSR count). The Morgan fingerprint density at radius 1 is 1.58 bits per heavy atom. The van der Waals surface area contributed by atoms with Crippen molar-refractivity contribution in [3.8, 4) is 0 Å². The summed E-state index contributed by atoms with van der Waals surface area (Å²) in [6.07, 6.45) is -4.64. The van der Waals surface area contributed by atoms with Crippen LogP contribution in [-0.2, 0) is 4.74 Å². The number of rotatable bonds is 3. The topological polar surface area (TPSA) is 21.6 Å². The van der Waals surface area contributed by atoms with Crippen LogP contribution in [0.2, 0.25) is 0 Å². The van der Waals surface area contributed by atoms with Crippen LogP contribution in [0.5, 0.6) is 0 Å². The van der Waals surface area contributed by atoms with Crippen molar-refractivity contribution in [2.75, 3.05) is 7.11 Å². The zero-order valence-electron chi connectivity index (χ0n) is 6.23. The highest BCUT2D eigenvalue weighted by Crippen LogP contribution is 2.17. The molecule has 0 atom stereocenters. The quantitative estimate of drug-likeness (QED) is 0.508. The van der Waals surface area contributed by atoms with Crippen molar-refractivity contribution in [3.63, 3.8) is 0 Å². The number of methoxy groups -OCH3 is 1. The first-order chi connectivity index (χ1) is 5.49. The molecule has 0 amide bonds. The first-order valence-corrected chi connectivity index (χ1v) is 3.37. The lowest BCUT2D eigenvalue weighted by molar-refractivity contribution is -0.120. The van der Waals surface area contributed by atoms with Crippen LogP contribution >= 0.6 is 11.6 Å². The molecular weight excluding hydrogens is 195 g/mol. The highest BCUT2D eigenvalue weighted by molar-refractivity contribution is 6.25. The predicted octanol–water partition coefficient (Wildman–Crippen LogP) is 2.69. The molecule has 0 radical (unpaired) electrons. The second-order valence-corrected chi connectivity index (χ2v) is 2.00. The standard InChI is InChI=1S/C6H7ClF3NO/c1-12-5(4-7)11-3-2-6(8,9)10/h3-4H,2H2,1H3/b5-4-,11-3?. The van der Waals surface area contributed by atoms with Gasteiger partial charge in [-0.1, -0.05) is 11.6 Å². The normalized spacial score (nSPS) is 13.9. The van der Waals surface area contributed by atoms with Gasteiger partial charge < -0.3 is 4.74 Å². The van der Waals surface area contributed by atoms with E-state index >= 15 is 0 Å². The van der Waals surface area contributed by atoms with Gasteiger partial charge in [-0.3, -0.25) is 0 Å². The third-order valence-electron chi connectivity index (χ3n) is 0.844. The van der Waals surface area contributed by atoms with Crippen LogP contribution in [0.1, 0.15) is 6.42 Å². The van der Waals surface area contributed by atoms with Crippen LogP contribution in [0.15, 0.2) is 16.4 Å². The van der Waals surface area contributed by atoms with Gasteiger partial charge in [0.15, 0.2) is 0 Å². The van der Waals surface area contributed by atoms with E-state index in [1.807, 2.05) is 0 Å². The lowest BCUT2D eigenvalue weighted by atomic mass is 10.5. The van der Waals surface area contributed by atoms with E-state index in [0.29, 0.717) is 6.21 Å². The summed E-state index contributed by atoms with van der Waals surface area (Å²) in [6.45, 7) is 0. The average Bonchev–Trinajstić information content (AvgIpc) is 1.96. The van der Waals surface area contributed by atoms with Gasteiger partial charge in [0.05, 0.1) is 19.1 Å². The third-order valence-corrected chi connectivity index (χ3v) is 1.03. The highest BCUT2D eigenvalue weighted by atomic mass is 35.5. The summed E-state index contributed by atoms with van der Waals surface area (Å²) in [5.74, 6) is -0.0547. The Hall–Kier alpha value is -0.710. The fraction of sp³-hybridized carbons (Fsp3) is 0.500. The smallest absolute Gasteiger partial charge is 0.393 e. The summed E-state index contributed by atoms with van der Waals surface area (Å²) in [4.78, 5) is 3.31. The molecule has 0 heterocycles. The average molecular weight is 202 g/mol. The van der Waals surface area contributed by atoms with Gasteiger partial charge in [0, 0.05) is 6.21 Å². The van der Waals surface area contributed by atoms with Crippen molar-refractivity contribution in [2.45, 2.75) is 12.6 Å². The number of aliphatic imine (C=N–C) groups is 1. The number of alkyl halides is 3. The SMILES string of the molecule is CO/C(=C\Cl)N=CCC(F)(F)F. The molecule has 0 saturated heterocycles. The van der Waals surface area contributed by atoms with Gasteiger partial charge in [-0.15, -0.1) is 0 Å². The Morgan fingerprint density at radius 2 is 2.17 bits per heavy atom. The zero-order chi connectivity index (χ0) is 9.61. The third kappa shape index (κ3) is 6.03. The van der Waals surface area contributed by atoms with Gasteiger partial charge in [-0.05, 0) is 0 Å². The Bertz CT molecular complexity index is 188. The van der Waals surface area contributed by atoms with Crippen molar-refractivity contribution < 1.29 is 17.9 Å². The first-order valence-electron chi connectivity index (χ1n) is 2.93. The molecule has 0 bridgehead atoms. The Balaban J connectivity index is 3.92. The highest BCUT2D eigenvalue weighted by Gasteiger charge is 2.25. The Kier molecular flexibility index (Phi) is 4.73. The fourth-order valence-electron chi connectivity index (χ4n) is 0.365. The minimum absolute atomic E-state index is 0.0547. The van der Waals surface area contributed by atoms with Crippen LogP contribution < -0.4 is 0 Å². The van der Waals surface area contributed by atoms with E-state index in [1.165, 1.54) is 7.11 Å². The van der Waals surface area contributed by atoms with Crippen molar-refractivity contribution in [1.82, 2.24) is 0 Å². The molecule has 0 unspecified atom stereocenters. The molecule has 12 heavy (non-hydrogen) atoms. The zero-order valence-corrected chi connectivity index (χ0v) is 6.99. The summed E-state index contributed by atoms with van der Waals surface area (Å²) in [6, 6.07) is 0. The van der Waals surface area contributed by atoms with E-state index in [4.69, 9.17) is 11.6 Å². The predicted molar refractivity (Wildman–Crippen MR) is 40.1 cm³/mol. The lowest BCUT2D eigenvalue weighted by Gasteiger charge is -2.00. The maximum atomic E-state index is 11.5. The van der Waals surface area contributed by atoms with Gasteiger partial charge in [0.2, 0.25) is 5.88 Å². The molecule has 0 aliphatic rings. The molecule has 0 aromatic heterocycles. The summed E-state index contributed by atoms with van der Waals surface area (Å²) in [5.41, 5.74) is 0.951. The molecule has 0 N–H and O–H groups in total. The van der Waals surface area contributed by atoms with Gasteiger partial charge in [0.1, 0.15) is 0 Å². The molecule has 0 aliphatic heterocycles. The van der Waals surface area contributed by atoms with Gasteiger partial charge >= 0.3 is 6.18 Å². The number of halogens is 4. The number of hydrogen-bond acceptors (Lipinski definition) is 2. The summed E-state index contributed by atoms with van der Waals surface area (Å²) < 4.78 is 39.1. The summed E-state index contributed by atoms with van der Waals surface area (Å²) in [5, 5.41) is 0. The molecule has 0 aromatic carbocycles. The van der Waals surface area contributed by atoms with Crippen molar-refractivity contribution >= 4 is 17.8 Å². The van der Waals surface area contributed by atoms with Crippen LogP contribution in [0.25, 0.3) is 0 Å². The number of ether oxygens (including phenoxy) is 1. The van der Waals surface area contributed by atoms with Gasteiger partial charge in [0.25, 0.3) is 0 Å². The molecule has 2 nitrogen and oxygen atoms in total. The van der Waals surface area contributed by atoms with Crippen LogP contribution in [0, 0.1) is 0 Å². The molecule has 70 valence electrons. The van der Waals surface area contributed by atoms with Crippen LogP contribution in [0.4, 0.5) is 13.2 Å². The van der Waals surface area contributed by atoms with E-state index in [9.17, 15) is 13.2 Å². The van der Waals surface area contributed by atoms with E-state index in [0.717, 1.165) is 5.54 Å². The van der Waals surface area contributed by atoms with E-state index in [1.54, 1.807) is 0 Å². The van der Waals surface area contributed by atoms with Crippen molar-refractivity contribution in [1.29, 1.82) is 0 Å². The maximum Gasteiger partial charge on any atom is 0.393 e. The molecular formula is C6H7ClF3NO. The van der Waals surface area contributed by atoms with E-state index in [-0.39, 0.29) is 5.88 Å². The molecule has 0 spiro atoms. The second-order valence-electron chi connectivity index (χ2n) is 1.78. The Labute approximate surface area is 72.7 Å².